The van der Waals surface area contributed by atoms with Crippen LogP contribution in [0.3, 0.4) is 0 Å². The summed E-state index contributed by atoms with van der Waals surface area (Å²) in [6, 6.07) is 21.4. The van der Waals surface area contributed by atoms with Gasteiger partial charge in [-0.3, -0.25) is 4.79 Å². The van der Waals surface area contributed by atoms with Gasteiger partial charge >= 0.3 is 5.97 Å². The number of carboxylic acids is 1. The SMILES string of the molecule is C=N/C(=N\C=C(/C)c1ccc(OCCCCCCC)cc1)c1ccc(C[C@@H](NC(=O)c2ccc(C(C)(C)C)cc2)C(=O)O)cc1. The van der Waals surface area contributed by atoms with Crippen LogP contribution in [0.1, 0.15) is 99.3 Å². The molecule has 7 nitrogen and oxygen atoms in total. The minimum Gasteiger partial charge on any atom is -0.494 e. The van der Waals surface area contributed by atoms with Crippen molar-refractivity contribution in [2.75, 3.05) is 6.61 Å². The van der Waals surface area contributed by atoms with Crippen LogP contribution in [0.4, 0.5) is 0 Å². The minimum atomic E-state index is -1.10. The summed E-state index contributed by atoms with van der Waals surface area (Å²) in [5, 5.41) is 12.4. The number of rotatable bonds is 15. The van der Waals surface area contributed by atoms with Gasteiger partial charge in [0.15, 0.2) is 5.84 Å². The van der Waals surface area contributed by atoms with Crippen LogP contribution in [0.5, 0.6) is 5.75 Å². The van der Waals surface area contributed by atoms with E-state index < -0.39 is 17.9 Å². The molecule has 1 amide bonds. The first-order valence-corrected chi connectivity index (χ1v) is 15.7. The topological polar surface area (TPSA) is 100 Å². The molecule has 3 rings (SSSR count). The maximum atomic E-state index is 12.8. The molecule has 0 unspecified atom stereocenters. The van der Waals surface area contributed by atoms with Crippen molar-refractivity contribution in [3.8, 4) is 5.75 Å². The maximum absolute atomic E-state index is 12.8. The fourth-order valence-electron chi connectivity index (χ4n) is 4.74. The van der Waals surface area contributed by atoms with E-state index in [1.807, 2.05) is 67.6 Å². The Morgan fingerprint density at radius 1 is 0.889 bits per heavy atom. The molecule has 0 saturated carbocycles. The summed E-state index contributed by atoms with van der Waals surface area (Å²) >= 11 is 0. The molecule has 7 heteroatoms. The van der Waals surface area contributed by atoms with Crippen LogP contribution in [-0.4, -0.2) is 42.2 Å². The van der Waals surface area contributed by atoms with Gasteiger partial charge in [-0.15, -0.1) is 0 Å². The van der Waals surface area contributed by atoms with E-state index in [9.17, 15) is 14.7 Å². The number of allylic oxidation sites excluding steroid dienone is 1. The average Bonchev–Trinajstić information content (AvgIpc) is 3.03. The van der Waals surface area contributed by atoms with E-state index >= 15 is 0 Å². The smallest absolute Gasteiger partial charge is 0.326 e. The van der Waals surface area contributed by atoms with Crippen LogP contribution < -0.4 is 10.1 Å². The van der Waals surface area contributed by atoms with Crippen molar-refractivity contribution in [3.63, 3.8) is 0 Å². The van der Waals surface area contributed by atoms with Crippen molar-refractivity contribution in [1.29, 1.82) is 0 Å². The van der Waals surface area contributed by atoms with Gasteiger partial charge in [0.1, 0.15) is 11.8 Å². The van der Waals surface area contributed by atoms with Gasteiger partial charge in [0, 0.05) is 23.7 Å². The second-order valence-electron chi connectivity index (χ2n) is 12.3. The van der Waals surface area contributed by atoms with Crippen LogP contribution in [0.15, 0.2) is 89.0 Å². The molecule has 1 atom stereocenters. The van der Waals surface area contributed by atoms with Crippen LogP contribution in [0.2, 0.25) is 0 Å². The van der Waals surface area contributed by atoms with E-state index in [0.717, 1.165) is 46.6 Å². The predicted octanol–water partition coefficient (Wildman–Crippen LogP) is 8.27. The molecule has 238 valence electrons. The van der Waals surface area contributed by atoms with Crippen LogP contribution in [-0.2, 0) is 16.6 Å². The Balaban J connectivity index is 1.60. The molecule has 0 bridgehead atoms. The molecule has 45 heavy (non-hydrogen) atoms. The lowest BCUT2D eigenvalue weighted by atomic mass is 9.86. The lowest BCUT2D eigenvalue weighted by molar-refractivity contribution is -0.139. The number of amidine groups is 1. The number of unbranched alkanes of at least 4 members (excludes halogenated alkanes) is 4. The zero-order chi connectivity index (χ0) is 32.8. The van der Waals surface area contributed by atoms with Crippen molar-refractivity contribution in [3.05, 3.63) is 107 Å². The molecule has 3 aromatic carbocycles. The predicted molar refractivity (Wildman–Crippen MR) is 185 cm³/mol. The van der Waals surface area contributed by atoms with Gasteiger partial charge in [-0.25, -0.2) is 14.8 Å². The number of amides is 1. The number of ether oxygens (including phenoxy) is 1. The maximum Gasteiger partial charge on any atom is 0.326 e. The quantitative estimate of drug-likeness (QED) is 0.103. The summed E-state index contributed by atoms with van der Waals surface area (Å²) in [6.07, 6.45) is 7.92. The summed E-state index contributed by atoms with van der Waals surface area (Å²) in [7, 11) is 0. The molecule has 0 radical (unpaired) electrons. The Morgan fingerprint density at radius 2 is 1.49 bits per heavy atom. The summed E-state index contributed by atoms with van der Waals surface area (Å²) in [5.41, 5.74) is 4.97. The summed E-state index contributed by atoms with van der Waals surface area (Å²) in [6.45, 7) is 14.9. The zero-order valence-electron chi connectivity index (χ0n) is 27.3. The Hall–Kier alpha value is -4.52. The first-order chi connectivity index (χ1) is 21.5. The second-order valence-corrected chi connectivity index (χ2v) is 12.3. The van der Waals surface area contributed by atoms with E-state index in [0.29, 0.717) is 11.4 Å². The summed E-state index contributed by atoms with van der Waals surface area (Å²) in [4.78, 5) is 33.4. The van der Waals surface area contributed by atoms with Gasteiger partial charge < -0.3 is 15.2 Å². The number of hydrogen-bond acceptors (Lipinski definition) is 4. The second kappa shape index (κ2) is 17.1. The molecule has 0 aliphatic heterocycles. The standard InChI is InChI=1S/C38H47N3O4/c1-7-8-9-10-11-24-45-33-22-18-29(19-23-33)27(2)26-40-35(39-6)30-14-12-28(13-15-30)25-34(37(43)44)41-36(42)31-16-20-32(21-17-31)38(3,4)5/h12-23,26,34H,6-11,24-25H2,1-5H3,(H,41,42)(H,43,44)/b27-26+,40-35-/t34-/m1/s1. The Morgan fingerprint density at radius 3 is 2.07 bits per heavy atom. The molecule has 0 heterocycles. The monoisotopic (exact) mass is 609 g/mol. The number of nitrogens with zero attached hydrogens (tertiary/aromatic N) is 2. The molecule has 0 aliphatic carbocycles. The molecule has 0 fully saturated rings. The van der Waals surface area contributed by atoms with Crippen LogP contribution in [0.25, 0.3) is 5.57 Å². The molecule has 0 aromatic heterocycles. The average molecular weight is 610 g/mol. The molecule has 0 aliphatic rings. The van der Waals surface area contributed by atoms with E-state index in [2.05, 4.69) is 49.7 Å². The number of hydrogen-bond donors (Lipinski definition) is 2. The Kier molecular flexibility index (Phi) is 13.3. The lowest BCUT2D eigenvalue weighted by Crippen LogP contribution is -2.42. The van der Waals surface area contributed by atoms with Crippen LogP contribution in [0, 0.1) is 0 Å². The number of aliphatic imine (C=N–C) groups is 2. The van der Waals surface area contributed by atoms with Crippen molar-refractivity contribution in [2.45, 2.75) is 84.6 Å². The molecule has 0 saturated heterocycles. The number of benzene rings is 3. The van der Waals surface area contributed by atoms with Gasteiger partial charge in [0.2, 0.25) is 0 Å². The Labute approximate surface area is 268 Å². The highest BCUT2D eigenvalue weighted by Crippen LogP contribution is 2.23. The third-order valence-electron chi connectivity index (χ3n) is 7.63. The van der Waals surface area contributed by atoms with Gasteiger partial charge in [-0.2, -0.15) is 0 Å². The van der Waals surface area contributed by atoms with Gasteiger partial charge in [0.05, 0.1) is 6.61 Å². The van der Waals surface area contributed by atoms with Crippen molar-refractivity contribution in [1.82, 2.24) is 5.32 Å². The van der Waals surface area contributed by atoms with E-state index in [1.165, 1.54) is 25.7 Å². The highest BCUT2D eigenvalue weighted by Gasteiger charge is 2.22. The minimum absolute atomic E-state index is 0.0414. The Bertz CT molecular complexity index is 1470. The normalized spacial score (nSPS) is 12.8. The van der Waals surface area contributed by atoms with Crippen molar-refractivity contribution < 1.29 is 19.4 Å². The first kappa shape index (κ1) is 35.0. The third kappa shape index (κ3) is 11.2. The number of aliphatic carboxylic acids is 1. The molecule has 2 N–H and O–H groups in total. The number of carbonyl (C=O) groups excluding carboxylic acids is 1. The number of carbonyl (C=O) groups is 2. The van der Waals surface area contributed by atoms with Crippen molar-refractivity contribution >= 4 is 30.0 Å². The lowest BCUT2D eigenvalue weighted by Gasteiger charge is -2.19. The van der Waals surface area contributed by atoms with E-state index in [4.69, 9.17) is 4.74 Å². The number of carboxylic acid groups (broad SMARTS) is 1. The third-order valence-corrected chi connectivity index (χ3v) is 7.63. The zero-order valence-corrected chi connectivity index (χ0v) is 27.3. The highest BCUT2D eigenvalue weighted by molar-refractivity contribution is 6.02. The van der Waals surface area contributed by atoms with E-state index in [1.54, 1.807) is 18.3 Å². The fourth-order valence-corrected chi connectivity index (χ4v) is 4.74. The number of nitrogens with one attached hydrogen (secondary N) is 1. The molecule has 3 aromatic rings. The van der Waals surface area contributed by atoms with Crippen LogP contribution >= 0.6 is 0 Å². The van der Waals surface area contributed by atoms with Crippen molar-refractivity contribution in [2.24, 2.45) is 9.98 Å². The molecular weight excluding hydrogens is 562 g/mol. The molecular formula is C38H47N3O4. The highest BCUT2D eigenvalue weighted by atomic mass is 16.5. The van der Waals surface area contributed by atoms with Gasteiger partial charge in [-0.1, -0.05) is 102 Å². The molecule has 0 spiro atoms. The van der Waals surface area contributed by atoms with Gasteiger partial charge in [-0.05, 0) is 72.0 Å². The first-order valence-electron chi connectivity index (χ1n) is 15.7. The van der Waals surface area contributed by atoms with E-state index in [-0.39, 0.29) is 11.8 Å². The summed E-state index contributed by atoms with van der Waals surface area (Å²) < 4.78 is 5.87. The summed E-state index contributed by atoms with van der Waals surface area (Å²) in [5.74, 6) is -0.215. The largest absolute Gasteiger partial charge is 0.494 e. The fraction of sp³-hybridized carbons (Fsp3) is 0.368. The van der Waals surface area contributed by atoms with Gasteiger partial charge in [0.25, 0.3) is 5.91 Å².